The van der Waals surface area contributed by atoms with Crippen LogP contribution in [0, 0.1) is 0 Å². The molecule has 2 N–H and O–H groups in total. The van der Waals surface area contributed by atoms with Crippen LogP contribution in [-0.4, -0.2) is 16.7 Å². The van der Waals surface area contributed by atoms with Crippen molar-refractivity contribution in [3.05, 3.63) is 28.7 Å². The molecule has 1 aromatic rings. The largest absolute Gasteiger partial charge is 0.388 e. The molecule has 1 aliphatic rings. The predicted molar refractivity (Wildman–Crippen MR) is 61.4 cm³/mol. The molecule has 14 heavy (non-hydrogen) atoms. The zero-order valence-electron chi connectivity index (χ0n) is 8.13. The van der Waals surface area contributed by atoms with Crippen molar-refractivity contribution in [2.24, 2.45) is 0 Å². The SMILES string of the molecule is C[C@]1(O)CC[C@@H]1Nc1cccc(Br)c1. The Hall–Kier alpha value is -0.540. The number of halogens is 1. The molecule has 0 saturated heterocycles. The first-order valence-electron chi connectivity index (χ1n) is 4.82. The van der Waals surface area contributed by atoms with E-state index in [0.717, 1.165) is 23.0 Å². The maximum Gasteiger partial charge on any atom is 0.0820 e. The second-order valence-electron chi connectivity index (χ2n) is 4.10. The Labute approximate surface area is 92.5 Å². The lowest BCUT2D eigenvalue weighted by Gasteiger charge is -2.43. The van der Waals surface area contributed by atoms with Gasteiger partial charge in [0.2, 0.25) is 0 Å². The molecule has 0 aromatic heterocycles. The molecule has 0 bridgehead atoms. The minimum Gasteiger partial charge on any atom is -0.388 e. The van der Waals surface area contributed by atoms with Crippen LogP contribution in [0.5, 0.6) is 0 Å². The van der Waals surface area contributed by atoms with Gasteiger partial charge in [-0.2, -0.15) is 0 Å². The average Bonchev–Trinajstić information content (AvgIpc) is 2.13. The van der Waals surface area contributed by atoms with Crippen molar-refractivity contribution in [2.75, 3.05) is 5.32 Å². The number of aliphatic hydroxyl groups is 1. The Morgan fingerprint density at radius 3 is 2.86 bits per heavy atom. The van der Waals surface area contributed by atoms with E-state index in [0.29, 0.717) is 0 Å². The highest BCUT2D eigenvalue weighted by Crippen LogP contribution is 2.34. The van der Waals surface area contributed by atoms with E-state index in [1.807, 2.05) is 31.2 Å². The van der Waals surface area contributed by atoms with Crippen molar-refractivity contribution in [3.8, 4) is 0 Å². The second kappa shape index (κ2) is 3.55. The molecule has 0 unspecified atom stereocenters. The molecule has 2 rings (SSSR count). The highest BCUT2D eigenvalue weighted by Gasteiger charge is 2.40. The molecular weight excluding hydrogens is 242 g/mol. The number of hydrogen-bond donors (Lipinski definition) is 2. The van der Waals surface area contributed by atoms with Crippen molar-refractivity contribution in [3.63, 3.8) is 0 Å². The van der Waals surface area contributed by atoms with Gasteiger partial charge in [-0.1, -0.05) is 22.0 Å². The molecule has 1 fully saturated rings. The Kier molecular flexibility index (Phi) is 2.54. The van der Waals surface area contributed by atoms with Gasteiger partial charge in [-0.25, -0.2) is 0 Å². The van der Waals surface area contributed by atoms with E-state index >= 15 is 0 Å². The fourth-order valence-electron chi connectivity index (χ4n) is 1.71. The van der Waals surface area contributed by atoms with Gasteiger partial charge in [0.15, 0.2) is 0 Å². The van der Waals surface area contributed by atoms with E-state index in [-0.39, 0.29) is 6.04 Å². The van der Waals surface area contributed by atoms with E-state index in [9.17, 15) is 5.11 Å². The summed E-state index contributed by atoms with van der Waals surface area (Å²) in [7, 11) is 0. The third-order valence-electron chi connectivity index (χ3n) is 2.86. The number of rotatable bonds is 2. The molecule has 0 amide bonds. The van der Waals surface area contributed by atoms with Gasteiger partial charge in [0.25, 0.3) is 0 Å². The molecule has 2 atom stereocenters. The Morgan fingerprint density at radius 2 is 2.36 bits per heavy atom. The van der Waals surface area contributed by atoms with Crippen LogP contribution >= 0.6 is 15.9 Å². The summed E-state index contributed by atoms with van der Waals surface area (Å²) >= 11 is 3.42. The normalized spacial score (nSPS) is 30.9. The van der Waals surface area contributed by atoms with Crippen LogP contribution in [0.2, 0.25) is 0 Å². The van der Waals surface area contributed by atoms with Gasteiger partial charge in [0.1, 0.15) is 0 Å². The summed E-state index contributed by atoms with van der Waals surface area (Å²) in [6, 6.07) is 8.20. The van der Waals surface area contributed by atoms with Crippen LogP contribution in [0.15, 0.2) is 28.7 Å². The highest BCUT2D eigenvalue weighted by molar-refractivity contribution is 9.10. The molecule has 76 valence electrons. The monoisotopic (exact) mass is 255 g/mol. The zero-order valence-corrected chi connectivity index (χ0v) is 9.71. The fourth-order valence-corrected chi connectivity index (χ4v) is 2.11. The molecule has 0 heterocycles. The van der Waals surface area contributed by atoms with E-state index in [1.54, 1.807) is 0 Å². The van der Waals surface area contributed by atoms with Crippen LogP contribution in [0.4, 0.5) is 5.69 Å². The first kappa shape index (κ1) is 9.99. The smallest absolute Gasteiger partial charge is 0.0820 e. The predicted octanol–water partition coefficient (Wildman–Crippen LogP) is 2.77. The third-order valence-corrected chi connectivity index (χ3v) is 3.35. The van der Waals surface area contributed by atoms with Crippen molar-refractivity contribution in [1.82, 2.24) is 0 Å². The van der Waals surface area contributed by atoms with Crippen LogP contribution in [-0.2, 0) is 0 Å². The summed E-state index contributed by atoms with van der Waals surface area (Å²) in [5.74, 6) is 0. The number of anilines is 1. The lowest BCUT2D eigenvalue weighted by molar-refractivity contribution is -0.0286. The van der Waals surface area contributed by atoms with Gasteiger partial charge < -0.3 is 10.4 Å². The second-order valence-corrected chi connectivity index (χ2v) is 5.02. The molecule has 3 heteroatoms. The van der Waals surface area contributed by atoms with E-state index in [1.165, 1.54) is 0 Å². The zero-order chi connectivity index (χ0) is 10.2. The molecule has 1 aliphatic carbocycles. The van der Waals surface area contributed by atoms with Gasteiger partial charge >= 0.3 is 0 Å². The number of benzene rings is 1. The van der Waals surface area contributed by atoms with Gasteiger partial charge in [-0.3, -0.25) is 0 Å². The summed E-state index contributed by atoms with van der Waals surface area (Å²) in [6.07, 6.45) is 1.93. The molecule has 0 aliphatic heterocycles. The summed E-state index contributed by atoms with van der Waals surface area (Å²) in [6.45, 7) is 1.88. The van der Waals surface area contributed by atoms with Crippen LogP contribution in [0.1, 0.15) is 19.8 Å². The minimum atomic E-state index is -0.539. The van der Waals surface area contributed by atoms with Crippen LogP contribution < -0.4 is 5.32 Å². The summed E-state index contributed by atoms with van der Waals surface area (Å²) < 4.78 is 1.06. The average molecular weight is 256 g/mol. The molecule has 0 radical (unpaired) electrons. The third kappa shape index (κ3) is 1.93. The summed E-state index contributed by atoms with van der Waals surface area (Å²) in [4.78, 5) is 0. The Bertz CT molecular complexity index is 338. The molecule has 1 aromatic carbocycles. The summed E-state index contributed by atoms with van der Waals surface area (Å²) in [5, 5.41) is 13.2. The lowest BCUT2D eigenvalue weighted by Crippen LogP contribution is -2.53. The van der Waals surface area contributed by atoms with Crippen LogP contribution in [0.3, 0.4) is 0 Å². The molecule has 2 nitrogen and oxygen atoms in total. The van der Waals surface area contributed by atoms with Crippen molar-refractivity contribution in [1.29, 1.82) is 0 Å². The van der Waals surface area contributed by atoms with E-state index in [2.05, 4.69) is 21.2 Å². The maximum atomic E-state index is 9.83. The fraction of sp³-hybridized carbons (Fsp3) is 0.455. The Balaban J connectivity index is 2.05. The van der Waals surface area contributed by atoms with Gasteiger partial charge in [-0.05, 0) is 38.0 Å². The number of hydrogen-bond acceptors (Lipinski definition) is 2. The first-order valence-corrected chi connectivity index (χ1v) is 5.62. The van der Waals surface area contributed by atoms with E-state index < -0.39 is 5.60 Å². The topological polar surface area (TPSA) is 32.3 Å². The van der Waals surface area contributed by atoms with Crippen molar-refractivity contribution >= 4 is 21.6 Å². The van der Waals surface area contributed by atoms with Crippen molar-refractivity contribution < 1.29 is 5.11 Å². The van der Waals surface area contributed by atoms with E-state index in [4.69, 9.17) is 0 Å². The molecule has 1 saturated carbocycles. The van der Waals surface area contributed by atoms with Gasteiger partial charge in [-0.15, -0.1) is 0 Å². The first-order chi connectivity index (χ1) is 6.58. The van der Waals surface area contributed by atoms with Gasteiger partial charge in [0.05, 0.1) is 11.6 Å². The summed E-state index contributed by atoms with van der Waals surface area (Å²) in [5.41, 5.74) is 0.520. The maximum absolute atomic E-state index is 9.83. The molecular formula is C11H14BrNO. The van der Waals surface area contributed by atoms with Crippen molar-refractivity contribution in [2.45, 2.75) is 31.4 Å². The highest BCUT2D eigenvalue weighted by atomic mass is 79.9. The lowest BCUT2D eigenvalue weighted by atomic mass is 9.76. The molecule has 0 spiro atoms. The quantitative estimate of drug-likeness (QED) is 0.852. The standard InChI is InChI=1S/C11H14BrNO/c1-11(14)6-5-10(11)13-9-4-2-3-8(12)7-9/h2-4,7,10,13-14H,5-6H2,1H3/t10-,11-/m0/s1. The minimum absolute atomic E-state index is 0.191. The number of nitrogens with one attached hydrogen (secondary N) is 1. The Morgan fingerprint density at radius 1 is 1.57 bits per heavy atom. The van der Waals surface area contributed by atoms with Gasteiger partial charge in [0, 0.05) is 10.2 Å². The van der Waals surface area contributed by atoms with Crippen LogP contribution in [0.25, 0.3) is 0 Å².